The highest BCUT2D eigenvalue weighted by Crippen LogP contribution is 2.25. The summed E-state index contributed by atoms with van der Waals surface area (Å²) >= 11 is 1.37. The summed E-state index contributed by atoms with van der Waals surface area (Å²) in [6, 6.07) is 15.2. The number of benzene rings is 2. The summed E-state index contributed by atoms with van der Waals surface area (Å²) in [7, 11) is 0. The van der Waals surface area contributed by atoms with Crippen molar-refractivity contribution in [3.63, 3.8) is 0 Å². The molecule has 0 saturated carbocycles. The van der Waals surface area contributed by atoms with Crippen LogP contribution in [0.2, 0.25) is 0 Å². The van der Waals surface area contributed by atoms with Gasteiger partial charge in [-0.1, -0.05) is 0 Å². The molecule has 2 aliphatic rings. The Bertz CT molecular complexity index is 1470. The Morgan fingerprint density at radius 1 is 0.865 bits per heavy atom. The topological polar surface area (TPSA) is 105 Å². The molecule has 0 spiro atoms. The molecule has 4 aromatic rings. The second kappa shape index (κ2) is 9.45. The Labute approximate surface area is 217 Å². The zero-order chi connectivity index (χ0) is 25.5. The average Bonchev–Trinajstić information content (AvgIpc) is 3.58. The Hall–Kier alpha value is -4.02. The molecule has 0 aliphatic carbocycles. The molecule has 0 radical (unpaired) electrons. The van der Waals surface area contributed by atoms with Crippen LogP contribution in [0.15, 0.2) is 66.3 Å². The number of primary amides is 1. The lowest BCUT2D eigenvalue weighted by atomic mass is 10.0. The van der Waals surface area contributed by atoms with Crippen LogP contribution in [0.4, 0.5) is 0 Å². The molecule has 10 heteroatoms. The molecule has 2 aromatic carbocycles. The normalized spacial score (nSPS) is 16.6. The first kappa shape index (κ1) is 23.4. The van der Waals surface area contributed by atoms with Crippen LogP contribution in [0.25, 0.3) is 16.6 Å². The lowest BCUT2D eigenvalue weighted by molar-refractivity contribution is 0.00853. The predicted molar refractivity (Wildman–Crippen MR) is 141 cm³/mol. The maximum Gasteiger partial charge on any atom is 0.282 e. The van der Waals surface area contributed by atoms with Crippen LogP contribution in [0.3, 0.4) is 0 Å². The lowest BCUT2D eigenvalue weighted by Gasteiger charge is -2.48. The van der Waals surface area contributed by atoms with Crippen molar-refractivity contribution >= 4 is 40.0 Å². The molecule has 0 bridgehead atoms. The lowest BCUT2D eigenvalue weighted by Crippen LogP contribution is -2.64. The van der Waals surface area contributed by atoms with Gasteiger partial charge in [-0.15, -0.1) is 11.3 Å². The zero-order valence-electron chi connectivity index (χ0n) is 20.1. The second-order valence-electron chi connectivity index (χ2n) is 9.40. The molecule has 4 heterocycles. The quantitative estimate of drug-likeness (QED) is 0.441. The summed E-state index contributed by atoms with van der Waals surface area (Å²) in [6.07, 6.45) is 3.61. The molecule has 2 aromatic heterocycles. The van der Waals surface area contributed by atoms with E-state index in [1.165, 1.54) is 11.3 Å². The Morgan fingerprint density at radius 2 is 1.59 bits per heavy atom. The van der Waals surface area contributed by atoms with Gasteiger partial charge in [0.1, 0.15) is 0 Å². The molecule has 2 aliphatic heterocycles. The third kappa shape index (κ3) is 4.38. The van der Waals surface area contributed by atoms with E-state index in [9.17, 15) is 14.4 Å². The smallest absolute Gasteiger partial charge is 0.282 e. The number of fused-ring (bicyclic) bond motifs is 1. The highest BCUT2D eigenvalue weighted by molar-refractivity contribution is 7.11. The molecule has 37 heavy (non-hydrogen) atoms. The Balaban J connectivity index is 1.06. The Kier molecular flexibility index (Phi) is 5.97. The van der Waals surface area contributed by atoms with Crippen molar-refractivity contribution in [3.05, 3.63) is 82.4 Å². The third-order valence-corrected chi connectivity index (χ3v) is 8.01. The Morgan fingerprint density at radius 3 is 2.27 bits per heavy atom. The molecular weight excluding hydrogens is 488 g/mol. The fourth-order valence-electron chi connectivity index (χ4n) is 5.08. The molecule has 0 unspecified atom stereocenters. The van der Waals surface area contributed by atoms with Crippen molar-refractivity contribution in [2.45, 2.75) is 6.04 Å². The van der Waals surface area contributed by atoms with E-state index in [0.717, 1.165) is 29.7 Å². The molecule has 2 fully saturated rings. The van der Waals surface area contributed by atoms with Gasteiger partial charge in [-0.05, 0) is 48.5 Å². The van der Waals surface area contributed by atoms with Gasteiger partial charge in [0, 0.05) is 85.3 Å². The van der Waals surface area contributed by atoms with Gasteiger partial charge in [-0.2, -0.15) is 0 Å². The standard InChI is InChI=1S/C27H26N6O3S/c28-24(34)18-1-4-21(5-2-18)33-9-7-19-15-20(3-6-23(19)33)26(35)32-16-22(17-32)30-10-12-31(13-11-30)27(36)25-29-8-14-37-25/h1-9,14-15,22H,10-13,16-17H2,(H2,28,34). The van der Waals surface area contributed by atoms with Crippen LogP contribution in [-0.2, 0) is 0 Å². The molecule has 6 rings (SSSR count). The molecule has 2 saturated heterocycles. The number of piperazine rings is 1. The van der Waals surface area contributed by atoms with Crippen LogP contribution >= 0.6 is 11.3 Å². The van der Waals surface area contributed by atoms with Crippen LogP contribution in [-0.4, -0.2) is 87.3 Å². The zero-order valence-corrected chi connectivity index (χ0v) is 20.9. The van der Waals surface area contributed by atoms with E-state index in [4.69, 9.17) is 5.73 Å². The van der Waals surface area contributed by atoms with Crippen LogP contribution < -0.4 is 5.73 Å². The molecule has 2 N–H and O–H groups in total. The van der Waals surface area contributed by atoms with E-state index in [0.29, 0.717) is 48.4 Å². The van der Waals surface area contributed by atoms with Gasteiger partial charge in [0.2, 0.25) is 5.91 Å². The molecule has 188 valence electrons. The fraction of sp³-hybridized carbons (Fsp3) is 0.259. The molecular formula is C27H26N6O3S. The largest absolute Gasteiger partial charge is 0.366 e. The van der Waals surface area contributed by atoms with Crippen LogP contribution in [0, 0.1) is 0 Å². The number of hydrogen-bond acceptors (Lipinski definition) is 6. The van der Waals surface area contributed by atoms with E-state index in [1.54, 1.807) is 18.3 Å². The molecule has 3 amide bonds. The maximum atomic E-state index is 13.1. The summed E-state index contributed by atoms with van der Waals surface area (Å²) in [5.74, 6) is -0.411. The minimum Gasteiger partial charge on any atom is -0.366 e. The highest BCUT2D eigenvalue weighted by atomic mass is 32.1. The van der Waals surface area contributed by atoms with Crippen LogP contribution in [0.1, 0.15) is 30.5 Å². The summed E-state index contributed by atoms with van der Waals surface area (Å²) in [4.78, 5) is 47.3. The summed E-state index contributed by atoms with van der Waals surface area (Å²) < 4.78 is 2.02. The SMILES string of the molecule is NC(=O)c1ccc(-n2ccc3cc(C(=O)N4CC(N5CCN(C(=O)c6nccs6)CC5)C4)ccc32)cc1. The van der Waals surface area contributed by atoms with Gasteiger partial charge >= 0.3 is 0 Å². The monoisotopic (exact) mass is 514 g/mol. The minimum absolute atomic E-state index is 0.00645. The number of hydrogen-bond donors (Lipinski definition) is 1. The number of carbonyl (C=O) groups is 3. The fourth-order valence-corrected chi connectivity index (χ4v) is 5.68. The van der Waals surface area contributed by atoms with E-state index in [1.807, 2.05) is 62.3 Å². The molecule has 9 nitrogen and oxygen atoms in total. The van der Waals surface area contributed by atoms with Crippen molar-refractivity contribution in [2.75, 3.05) is 39.3 Å². The van der Waals surface area contributed by atoms with Crippen molar-refractivity contribution in [2.24, 2.45) is 5.73 Å². The summed E-state index contributed by atoms with van der Waals surface area (Å²) in [6.45, 7) is 4.38. The first-order valence-electron chi connectivity index (χ1n) is 12.2. The van der Waals surface area contributed by atoms with Crippen LogP contribution in [0.5, 0.6) is 0 Å². The van der Waals surface area contributed by atoms with Crippen molar-refractivity contribution in [1.82, 2.24) is 24.3 Å². The average molecular weight is 515 g/mol. The summed E-state index contributed by atoms with van der Waals surface area (Å²) in [5.41, 5.74) is 8.38. The van der Waals surface area contributed by atoms with Gasteiger partial charge in [0.25, 0.3) is 11.8 Å². The van der Waals surface area contributed by atoms with Gasteiger partial charge in [-0.3, -0.25) is 19.3 Å². The van der Waals surface area contributed by atoms with Gasteiger partial charge in [-0.25, -0.2) is 4.98 Å². The van der Waals surface area contributed by atoms with Crippen molar-refractivity contribution in [3.8, 4) is 5.69 Å². The minimum atomic E-state index is -0.454. The number of thiazole rings is 1. The van der Waals surface area contributed by atoms with Crippen molar-refractivity contribution < 1.29 is 14.4 Å². The first-order valence-corrected chi connectivity index (χ1v) is 13.1. The number of nitrogens with zero attached hydrogens (tertiary/aromatic N) is 5. The van der Waals surface area contributed by atoms with Gasteiger partial charge in [0.05, 0.1) is 5.52 Å². The van der Waals surface area contributed by atoms with E-state index in [2.05, 4.69) is 9.88 Å². The third-order valence-electron chi connectivity index (χ3n) is 7.25. The van der Waals surface area contributed by atoms with E-state index < -0.39 is 5.91 Å². The second-order valence-corrected chi connectivity index (χ2v) is 10.3. The van der Waals surface area contributed by atoms with Gasteiger partial charge < -0.3 is 20.1 Å². The number of likely N-dealkylation sites (tertiary alicyclic amines) is 1. The maximum absolute atomic E-state index is 13.1. The number of rotatable bonds is 5. The number of amides is 3. The van der Waals surface area contributed by atoms with Crippen molar-refractivity contribution in [1.29, 1.82) is 0 Å². The van der Waals surface area contributed by atoms with E-state index in [-0.39, 0.29) is 11.8 Å². The van der Waals surface area contributed by atoms with Gasteiger partial charge in [0.15, 0.2) is 5.01 Å². The predicted octanol–water partition coefficient (Wildman–Crippen LogP) is 2.47. The summed E-state index contributed by atoms with van der Waals surface area (Å²) in [5, 5.41) is 3.34. The first-order chi connectivity index (χ1) is 18.0. The number of nitrogens with two attached hydrogens (primary N) is 1. The molecule has 0 atom stereocenters. The number of aromatic nitrogens is 2. The number of carbonyl (C=O) groups excluding carboxylic acids is 3. The van der Waals surface area contributed by atoms with E-state index >= 15 is 0 Å². The highest BCUT2D eigenvalue weighted by Gasteiger charge is 2.37.